The number of hydrogen-bond acceptors (Lipinski definition) is 3. The van der Waals surface area contributed by atoms with E-state index in [0.29, 0.717) is 24.5 Å². The fraction of sp³-hybridized carbons (Fsp3) is 0.333. The third-order valence-corrected chi connectivity index (χ3v) is 3.23. The summed E-state index contributed by atoms with van der Waals surface area (Å²) in [4.78, 5) is 22.7. The van der Waals surface area contributed by atoms with Crippen LogP contribution in [0.3, 0.4) is 0 Å². The van der Waals surface area contributed by atoms with Crippen molar-refractivity contribution < 1.29 is 19.4 Å². The standard InChI is InChI=1S/C15H17NO4/c1-10-7-11(3-4-12(10)14(18)19)16-13(17)5-6-15(2)8-20-9-15/h3-7H,8-9H2,1-2H3,(H,16,17)(H,18,19)/b6-5+. The largest absolute Gasteiger partial charge is 0.478 e. The van der Waals surface area contributed by atoms with Gasteiger partial charge in [-0.3, -0.25) is 4.79 Å². The van der Waals surface area contributed by atoms with Crippen LogP contribution < -0.4 is 5.32 Å². The van der Waals surface area contributed by atoms with Gasteiger partial charge in [0.15, 0.2) is 0 Å². The number of nitrogens with one attached hydrogen (secondary N) is 1. The molecule has 2 rings (SSSR count). The van der Waals surface area contributed by atoms with Crippen LogP contribution in [0, 0.1) is 12.3 Å². The van der Waals surface area contributed by atoms with E-state index in [1.165, 1.54) is 12.1 Å². The number of carboxylic acid groups (broad SMARTS) is 1. The van der Waals surface area contributed by atoms with Crippen LogP contribution in [0.1, 0.15) is 22.8 Å². The Morgan fingerprint density at radius 1 is 1.40 bits per heavy atom. The molecule has 1 aliphatic heterocycles. The van der Waals surface area contributed by atoms with Crippen LogP contribution in [-0.2, 0) is 9.53 Å². The molecule has 0 unspecified atom stereocenters. The first-order valence-electron chi connectivity index (χ1n) is 6.32. The Balaban J connectivity index is 2.01. The molecule has 0 radical (unpaired) electrons. The molecular formula is C15H17NO4. The Hall–Kier alpha value is -2.14. The summed E-state index contributed by atoms with van der Waals surface area (Å²) in [5.74, 6) is -1.21. The summed E-state index contributed by atoms with van der Waals surface area (Å²) in [5.41, 5.74) is 1.37. The zero-order valence-corrected chi connectivity index (χ0v) is 11.5. The number of amides is 1. The molecule has 1 saturated heterocycles. The molecule has 5 heteroatoms. The van der Waals surface area contributed by atoms with Gasteiger partial charge < -0.3 is 15.2 Å². The van der Waals surface area contributed by atoms with Crippen LogP contribution in [0.2, 0.25) is 0 Å². The predicted molar refractivity (Wildman–Crippen MR) is 74.8 cm³/mol. The molecule has 0 bridgehead atoms. The first-order chi connectivity index (χ1) is 9.39. The summed E-state index contributed by atoms with van der Waals surface area (Å²) in [5, 5.41) is 11.6. The number of rotatable bonds is 4. The second kappa shape index (κ2) is 5.46. The highest BCUT2D eigenvalue weighted by Crippen LogP contribution is 2.27. The van der Waals surface area contributed by atoms with Crippen LogP contribution in [0.4, 0.5) is 5.69 Å². The molecule has 0 atom stereocenters. The van der Waals surface area contributed by atoms with Gasteiger partial charge in [0.1, 0.15) is 0 Å². The lowest BCUT2D eigenvalue weighted by Crippen LogP contribution is -2.37. The molecule has 1 fully saturated rings. The number of ether oxygens (including phenoxy) is 1. The average molecular weight is 275 g/mol. The molecule has 0 saturated carbocycles. The van der Waals surface area contributed by atoms with Crippen molar-refractivity contribution in [3.8, 4) is 0 Å². The van der Waals surface area contributed by atoms with E-state index in [1.807, 2.05) is 13.0 Å². The predicted octanol–water partition coefficient (Wildman–Crippen LogP) is 2.22. The summed E-state index contributed by atoms with van der Waals surface area (Å²) >= 11 is 0. The molecule has 0 aromatic heterocycles. The fourth-order valence-corrected chi connectivity index (χ4v) is 1.96. The SMILES string of the molecule is Cc1cc(NC(=O)/C=C/C2(C)COC2)ccc1C(=O)O. The number of aromatic carboxylic acids is 1. The van der Waals surface area contributed by atoms with Gasteiger partial charge in [0.2, 0.25) is 5.91 Å². The third kappa shape index (κ3) is 3.24. The van der Waals surface area contributed by atoms with Crippen molar-refractivity contribution in [3.05, 3.63) is 41.5 Å². The highest BCUT2D eigenvalue weighted by atomic mass is 16.5. The van der Waals surface area contributed by atoms with Gasteiger partial charge in [-0.2, -0.15) is 0 Å². The molecule has 0 spiro atoms. The minimum atomic E-state index is -0.974. The number of anilines is 1. The minimum Gasteiger partial charge on any atom is -0.478 e. The van der Waals surface area contributed by atoms with E-state index in [1.54, 1.807) is 19.1 Å². The summed E-state index contributed by atoms with van der Waals surface area (Å²) < 4.78 is 5.10. The average Bonchev–Trinajstić information content (AvgIpc) is 2.33. The summed E-state index contributed by atoms with van der Waals surface area (Å²) in [7, 11) is 0. The van der Waals surface area contributed by atoms with Crippen LogP contribution in [0.25, 0.3) is 0 Å². The van der Waals surface area contributed by atoms with E-state index in [2.05, 4.69) is 5.32 Å². The van der Waals surface area contributed by atoms with E-state index < -0.39 is 5.97 Å². The molecule has 1 aromatic rings. The van der Waals surface area contributed by atoms with Gasteiger partial charge in [-0.1, -0.05) is 13.0 Å². The molecule has 0 aliphatic carbocycles. The van der Waals surface area contributed by atoms with E-state index >= 15 is 0 Å². The van der Waals surface area contributed by atoms with E-state index in [0.717, 1.165) is 0 Å². The van der Waals surface area contributed by atoms with Crippen LogP contribution in [0.5, 0.6) is 0 Å². The van der Waals surface area contributed by atoms with Crippen molar-refractivity contribution in [2.45, 2.75) is 13.8 Å². The zero-order chi connectivity index (χ0) is 14.8. The third-order valence-electron chi connectivity index (χ3n) is 3.23. The first-order valence-corrected chi connectivity index (χ1v) is 6.32. The molecule has 1 amide bonds. The van der Waals surface area contributed by atoms with E-state index in [-0.39, 0.29) is 16.9 Å². The van der Waals surface area contributed by atoms with Crippen molar-refractivity contribution in [1.29, 1.82) is 0 Å². The minimum absolute atomic E-state index is 0.0551. The van der Waals surface area contributed by atoms with Gasteiger partial charge in [0, 0.05) is 11.1 Å². The van der Waals surface area contributed by atoms with E-state index in [4.69, 9.17) is 9.84 Å². The summed E-state index contributed by atoms with van der Waals surface area (Å²) in [6, 6.07) is 4.71. The Bertz CT molecular complexity index is 573. The number of carbonyl (C=O) groups excluding carboxylic acids is 1. The maximum atomic E-state index is 11.8. The Labute approximate surface area is 117 Å². The van der Waals surface area contributed by atoms with E-state index in [9.17, 15) is 9.59 Å². The van der Waals surface area contributed by atoms with Crippen LogP contribution in [-0.4, -0.2) is 30.2 Å². The van der Waals surface area contributed by atoms with Crippen LogP contribution >= 0.6 is 0 Å². The zero-order valence-electron chi connectivity index (χ0n) is 11.5. The van der Waals surface area contributed by atoms with Crippen molar-refractivity contribution in [1.82, 2.24) is 0 Å². The first kappa shape index (κ1) is 14.3. The van der Waals surface area contributed by atoms with Crippen molar-refractivity contribution in [2.75, 3.05) is 18.5 Å². The number of aryl methyl sites for hydroxylation is 1. The van der Waals surface area contributed by atoms with Crippen molar-refractivity contribution in [2.24, 2.45) is 5.41 Å². The van der Waals surface area contributed by atoms with Gasteiger partial charge in [-0.05, 0) is 36.8 Å². The summed E-state index contributed by atoms with van der Waals surface area (Å²) in [6.45, 7) is 4.97. The number of carboxylic acids is 1. The molecule has 20 heavy (non-hydrogen) atoms. The highest BCUT2D eigenvalue weighted by molar-refractivity contribution is 6.00. The number of carbonyl (C=O) groups is 2. The lowest BCUT2D eigenvalue weighted by Gasteiger charge is -2.35. The molecule has 2 N–H and O–H groups in total. The second-order valence-corrected chi connectivity index (χ2v) is 5.30. The monoisotopic (exact) mass is 275 g/mol. The Morgan fingerprint density at radius 2 is 2.10 bits per heavy atom. The molecule has 106 valence electrons. The molecular weight excluding hydrogens is 258 g/mol. The second-order valence-electron chi connectivity index (χ2n) is 5.30. The normalized spacial score (nSPS) is 16.7. The van der Waals surface area contributed by atoms with Gasteiger partial charge in [0.05, 0.1) is 18.8 Å². The van der Waals surface area contributed by atoms with Crippen molar-refractivity contribution in [3.63, 3.8) is 0 Å². The number of hydrogen-bond donors (Lipinski definition) is 2. The Kier molecular flexibility index (Phi) is 3.90. The Morgan fingerprint density at radius 3 is 2.60 bits per heavy atom. The maximum absolute atomic E-state index is 11.8. The number of benzene rings is 1. The lowest BCUT2D eigenvalue weighted by atomic mass is 9.88. The molecule has 5 nitrogen and oxygen atoms in total. The van der Waals surface area contributed by atoms with Gasteiger partial charge in [0.25, 0.3) is 0 Å². The maximum Gasteiger partial charge on any atom is 0.335 e. The summed E-state index contributed by atoms with van der Waals surface area (Å²) in [6.07, 6.45) is 3.33. The van der Waals surface area contributed by atoms with Gasteiger partial charge in [-0.25, -0.2) is 4.79 Å². The smallest absolute Gasteiger partial charge is 0.335 e. The molecule has 1 aromatic carbocycles. The highest BCUT2D eigenvalue weighted by Gasteiger charge is 2.30. The van der Waals surface area contributed by atoms with Crippen molar-refractivity contribution >= 4 is 17.6 Å². The quantitative estimate of drug-likeness (QED) is 0.826. The van der Waals surface area contributed by atoms with Crippen LogP contribution in [0.15, 0.2) is 30.4 Å². The molecule has 1 aliphatic rings. The fourth-order valence-electron chi connectivity index (χ4n) is 1.96. The lowest BCUT2D eigenvalue weighted by molar-refractivity contribution is -0.112. The molecule has 1 heterocycles. The van der Waals surface area contributed by atoms with Gasteiger partial charge >= 0.3 is 5.97 Å². The van der Waals surface area contributed by atoms with Gasteiger partial charge in [-0.15, -0.1) is 0 Å². The topological polar surface area (TPSA) is 75.6 Å².